The number of aromatic nitrogens is 2. The van der Waals surface area contributed by atoms with Gasteiger partial charge in [-0.15, -0.1) is 0 Å². The summed E-state index contributed by atoms with van der Waals surface area (Å²) in [5.74, 6) is 0. The van der Waals surface area contributed by atoms with E-state index in [1.165, 1.54) is 0 Å². The third kappa shape index (κ3) is 2.84. The summed E-state index contributed by atoms with van der Waals surface area (Å²) in [7, 11) is 1.88. The average Bonchev–Trinajstić information content (AvgIpc) is 2.06. The molecule has 1 rings (SSSR count). The largest absolute Gasteiger partial charge is 0.459 e. The molecule has 4 nitrogen and oxygen atoms in total. The van der Waals surface area contributed by atoms with Gasteiger partial charge in [0.15, 0.2) is 0 Å². The molecule has 1 unspecified atom stereocenters. The fourth-order valence-corrected chi connectivity index (χ4v) is 0.855. The molecular formula is C8H13N3O. The maximum absolute atomic E-state index is 5.37. The summed E-state index contributed by atoms with van der Waals surface area (Å²) < 4.78 is 5.37. The zero-order valence-electron chi connectivity index (χ0n) is 7.32. The van der Waals surface area contributed by atoms with Gasteiger partial charge < -0.3 is 10.1 Å². The van der Waals surface area contributed by atoms with Crippen LogP contribution in [0.3, 0.4) is 0 Å². The maximum atomic E-state index is 5.37. The molecule has 1 aromatic heterocycles. The second-order valence-electron chi connectivity index (χ2n) is 2.52. The van der Waals surface area contributed by atoms with Gasteiger partial charge in [-0.25, -0.2) is 9.97 Å². The SMILES string of the molecule is CNCC(C)Oc1ncccn1. The van der Waals surface area contributed by atoms with Crippen LogP contribution in [0.1, 0.15) is 6.92 Å². The molecule has 1 heterocycles. The Labute approximate surface area is 72.0 Å². The fourth-order valence-electron chi connectivity index (χ4n) is 0.855. The smallest absolute Gasteiger partial charge is 0.316 e. The Bertz CT molecular complexity index is 215. The summed E-state index contributed by atoms with van der Waals surface area (Å²) in [6.45, 7) is 2.76. The minimum absolute atomic E-state index is 0.0948. The first-order valence-corrected chi connectivity index (χ1v) is 3.91. The van der Waals surface area contributed by atoms with Crippen LogP contribution in [0.15, 0.2) is 18.5 Å². The minimum atomic E-state index is 0.0948. The molecule has 0 saturated heterocycles. The van der Waals surface area contributed by atoms with Gasteiger partial charge in [-0.1, -0.05) is 0 Å². The van der Waals surface area contributed by atoms with E-state index < -0.39 is 0 Å². The van der Waals surface area contributed by atoms with E-state index in [0.29, 0.717) is 6.01 Å². The van der Waals surface area contributed by atoms with Crippen molar-refractivity contribution in [3.05, 3.63) is 18.5 Å². The summed E-state index contributed by atoms with van der Waals surface area (Å²) >= 11 is 0. The van der Waals surface area contributed by atoms with Crippen molar-refractivity contribution in [1.29, 1.82) is 0 Å². The number of likely N-dealkylation sites (N-methyl/N-ethyl adjacent to an activating group) is 1. The van der Waals surface area contributed by atoms with Crippen molar-refractivity contribution in [2.45, 2.75) is 13.0 Å². The normalized spacial score (nSPS) is 12.5. The molecule has 0 aliphatic carbocycles. The first-order valence-electron chi connectivity index (χ1n) is 3.91. The van der Waals surface area contributed by atoms with E-state index in [1.54, 1.807) is 18.5 Å². The molecule has 0 aliphatic heterocycles. The molecular weight excluding hydrogens is 154 g/mol. The lowest BCUT2D eigenvalue weighted by molar-refractivity contribution is 0.202. The number of hydrogen-bond donors (Lipinski definition) is 1. The Morgan fingerprint density at radius 3 is 2.75 bits per heavy atom. The zero-order valence-corrected chi connectivity index (χ0v) is 7.32. The fraction of sp³-hybridized carbons (Fsp3) is 0.500. The lowest BCUT2D eigenvalue weighted by atomic mass is 10.4. The summed E-state index contributed by atoms with van der Waals surface area (Å²) in [5.41, 5.74) is 0. The van der Waals surface area contributed by atoms with Crippen molar-refractivity contribution >= 4 is 0 Å². The molecule has 12 heavy (non-hydrogen) atoms. The van der Waals surface area contributed by atoms with E-state index in [1.807, 2.05) is 14.0 Å². The number of hydrogen-bond acceptors (Lipinski definition) is 4. The van der Waals surface area contributed by atoms with Gasteiger partial charge >= 0.3 is 6.01 Å². The van der Waals surface area contributed by atoms with E-state index >= 15 is 0 Å². The quantitative estimate of drug-likeness (QED) is 0.707. The molecule has 1 atom stereocenters. The first kappa shape index (κ1) is 8.93. The molecule has 0 saturated carbocycles. The van der Waals surface area contributed by atoms with Crippen molar-refractivity contribution in [1.82, 2.24) is 15.3 Å². The highest BCUT2D eigenvalue weighted by atomic mass is 16.5. The minimum Gasteiger partial charge on any atom is -0.459 e. The van der Waals surface area contributed by atoms with Gasteiger partial charge in [0.25, 0.3) is 0 Å². The molecule has 0 fully saturated rings. The topological polar surface area (TPSA) is 47.0 Å². The second kappa shape index (κ2) is 4.66. The number of nitrogens with zero attached hydrogens (tertiary/aromatic N) is 2. The summed E-state index contributed by atoms with van der Waals surface area (Å²) in [4.78, 5) is 7.88. The highest BCUT2D eigenvalue weighted by Gasteiger charge is 2.02. The van der Waals surface area contributed by atoms with E-state index in [4.69, 9.17) is 4.74 Å². The van der Waals surface area contributed by atoms with Crippen molar-refractivity contribution in [3.8, 4) is 6.01 Å². The standard InChI is InChI=1S/C8H13N3O/c1-7(6-9-2)12-8-10-4-3-5-11-8/h3-5,7,9H,6H2,1-2H3. The molecule has 1 aromatic rings. The van der Waals surface area contributed by atoms with Crippen LogP contribution in [0.5, 0.6) is 6.01 Å². The molecule has 0 aliphatic rings. The van der Waals surface area contributed by atoms with E-state index in [2.05, 4.69) is 15.3 Å². The van der Waals surface area contributed by atoms with Crippen LogP contribution in [-0.2, 0) is 0 Å². The second-order valence-corrected chi connectivity index (χ2v) is 2.52. The molecule has 0 spiro atoms. The van der Waals surface area contributed by atoms with E-state index in [9.17, 15) is 0 Å². The third-order valence-electron chi connectivity index (χ3n) is 1.34. The van der Waals surface area contributed by atoms with Gasteiger partial charge in [0.1, 0.15) is 6.10 Å². The molecule has 66 valence electrons. The van der Waals surface area contributed by atoms with Gasteiger partial charge in [0.05, 0.1) is 0 Å². The molecule has 0 amide bonds. The van der Waals surface area contributed by atoms with Crippen LogP contribution in [0.25, 0.3) is 0 Å². The highest BCUT2D eigenvalue weighted by Crippen LogP contribution is 2.00. The summed E-state index contributed by atoms with van der Waals surface area (Å²) in [5, 5.41) is 3.01. The lowest BCUT2D eigenvalue weighted by Crippen LogP contribution is -2.26. The van der Waals surface area contributed by atoms with Crippen LogP contribution < -0.4 is 10.1 Å². The average molecular weight is 167 g/mol. The van der Waals surface area contributed by atoms with Crippen LogP contribution in [-0.4, -0.2) is 29.7 Å². The molecule has 0 radical (unpaired) electrons. The van der Waals surface area contributed by atoms with Crippen LogP contribution in [0.4, 0.5) is 0 Å². The molecule has 1 N–H and O–H groups in total. The Balaban J connectivity index is 2.41. The monoisotopic (exact) mass is 167 g/mol. The number of nitrogens with one attached hydrogen (secondary N) is 1. The van der Waals surface area contributed by atoms with Gasteiger partial charge in [0, 0.05) is 18.9 Å². The van der Waals surface area contributed by atoms with Crippen molar-refractivity contribution in [2.24, 2.45) is 0 Å². The van der Waals surface area contributed by atoms with Crippen LogP contribution in [0, 0.1) is 0 Å². The lowest BCUT2D eigenvalue weighted by Gasteiger charge is -2.11. The van der Waals surface area contributed by atoms with Crippen molar-refractivity contribution in [3.63, 3.8) is 0 Å². The first-order chi connectivity index (χ1) is 5.83. The molecule has 0 aromatic carbocycles. The highest BCUT2D eigenvalue weighted by molar-refractivity contribution is 4.93. The summed E-state index contributed by atoms with van der Waals surface area (Å²) in [6.07, 6.45) is 3.42. The number of ether oxygens (including phenoxy) is 1. The number of rotatable bonds is 4. The van der Waals surface area contributed by atoms with Gasteiger partial charge in [0.2, 0.25) is 0 Å². The predicted molar refractivity (Wildman–Crippen MR) is 46.0 cm³/mol. The van der Waals surface area contributed by atoms with Crippen LogP contribution >= 0.6 is 0 Å². The van der Waals surface area contributed by atoms with Gasteiger partial charge in [-0.2, -0.15) is 0 Å². The van der Waals surface area contributed by atoms with Crippen molar-refractivity contribution in [2.75, 3.05) is 13.6 Å². The van der Waals surface area contributed by atoms with Crippen molar-refractivity contribution < 1.29 is 4.74 Å². The maximum Gasteiger partial charge on any atom is 0.316 e. The van der Waals surface area contributed by atoms with Gasteiger partial charge in [-0.3, -0.25) is 0 Å². The predicted octanol–water partition coefficient (Wildman–Crippen LogP) is 0.463. The van der Waals surface area contributed by atoms with Gasteiger partial charge in [-0.05, 0) is 20.0 Å². The van der Waals surface area contributed by atoms with Crippen LogP contribution in [0.2, 0.25) is 0 Å². The third-order valence-corrected chi connectivity index (χ3v) is 1.34. The molecule has 0 bridgehead atoms. The van der Waals surface area contributed by atoms with E-state index in [0.717, 1.165) is 6.54 Å². The Morgan fingerprint density at radius 2 is 2.17 bits per heavy atom. The summed E-state index contributed by atoms with van der Waals surface area (Å²) in [6, 6.07) is 2.19. The van der Waals surface area contributed by atoms with E-state index in [-0.39, 0.29) is 6.10 Å². The molecule has 4 heteroatoms. The Kier molecular flexibility index (Phi) is 3.47. The zero-order chi connectivity index (χ0) is 8.81. The Hall–Kier alpha value is -1.16. The Morgan fingerprint density at radius 1 is 1.50 bits per heavy atom.